The Kier molecular flexibility index (Phi) is 3.24. The molecule has 0 aliphatic rings. The maximum Gasteiger partial charge on any atom is 0.342 e. The van der Waals surface area contributed by atoms with E-state index in [1.54, 1.807) is 6.07 Å². The first-order valence-corrected chi connectivity index (χ1v) is 5.56. The molecule has 1 aromatic carbocycles. The number of H-pyrrole nitrogens is 1. The highest BCUT2D eigenvalue weighted by atomic mass is 79.9. The van der Waals surface area contributed by atoms with Gasteiger partial charge in [0.05, 0.1) is 0 Å². The van der Waals surface area contributed by atoms with Crippen LogP contribution in [0.1, 0.15) is 10.4 Å². The first-order valence-electron chi connectivity index (χ1n) is 4.76. The summed E-state index contributed by atoms with van der Waals surface area (Å²) in [5.41, 5.74) is -0.905. The normalized spacial score (nSPS) is 10.3. The van der Waals surface area contributed by atoms with Gasteiger partial charge in [0.2, 0.25) is 0 Å². The number of carboxylic acids is 1. The molecule has 0 saturated heterocycles. The monoisotopic (exact) mass is 312 g/mol. The van der Waals surface area contributed by atoms with Crippen LogP contribution in [0.25, 0.3) is 11.4 Å². The molecule has 2 rings (SSSR count). The second-order valence-corrected chi connectivity index (χ2v) is 4.35. The lowest BCUT2D eigenvalue weighted by Gasteiger charge is -2.02. The van der Waals surface area contributed by atoms with Gasteiger partial charge in [-0.25, -0.2) is 14.2 Å². The van der Waals surface area contributed by atoms with Gasteiger partial charge in [0.15, 0.2) is 0 Å². The number of nitrogens with zero attached hydrogens (tertiary/aromatic N) is 1. The molecule has 5 nitrogen and oxygen atoms in total. The molecule has 18 heavy (non-hydrogen) atoms. The fourth-order valence-corrected chi connectivity index (χ4v) is 1.85. The summed E-state index contributed by atoms with van der Waals surface area (Å²) in [6.45, 7) is 0. The molecule has 0 radical (unpaired) electrons. The van der Waals surface area contributed by atoms with Crippen LogP contribution in [0, 0.1) is 5.82 Å². The second-order valence-electron chi connectivity index (χ2n) is 3.44. The number of hydrogen-bond acceptors (Lipinski definition) is 3. The number of carboxylic acid groups (broad SMARTS) is 1. The van der Waals surface area contributed by atoms with Crippen LogP contribution >= 0.6 is 15.9 Å². The predicted octanol–water partition coefficient (Wildman–Crippen LogP) is 2.04. The molecule has 0 aliphatic heterocycles. The van der Waals surface area contributed by atoms with E-state index in [4.69, 9.17) is 5.11 Å². The Morgan fingerprint density at radius 1 is 1.39 bits per heavy atom. The van der Waals surface area contributed by atoms with Crippen LogP contribution in [0.2, 0.25) is 0 Å². The van der Waals surface area contributed by atoms with Crippen molar-refractivity contribution in [3.05, 3.63) is 50.6 Å². The van der Waals surface area contributed by atoms with E-state index in [1.165, 1.54) is 12.1 Å². The minimum atomic E-state index is -1.37. The molecule has 0 spiro atoms. The third-order valence-corrected chi connectivity index (χ3v) is 2.62. The number of aromatic nitrogens is 2. The van der Waals surface area contributed by atoms with E-state index in [0.29, 0.717) is 10.0 Å². The molecule has 0 atom stereocenters. The number of aromatic amines is 1. The Morgan fingerprint density at radius 3 is 2.67 bits per heavy atom. The van der Waals surface area contributed by atoms with Crippen molar-refractivity contribution in [3.63, 3.8) is 0 Å². The minimum Gasteiger partial charge on any atom is -0.477 e. The summed E-state index contributed by atoms with van der Waals surface area (Å²) in [6.07, 6.45) is 0.940. The van der Waals surface area contributed by atoms with Gasteiger partial charge in [-0.1, -0.05) is 15.9 Å². The van der Waals surface area contributed by atoms with Gasteiger partial charge in [0, 0.05) is 16.2 Å². The summed E-state index contributed by atoms with van der Waals surface area (Å²) in [6, 6.07) is 4.00. The van der Waals surface area contributed by atoms with E-state index >= 15 is 0 Å². The van der Waals surface area contributed by atoms with E-state index in [2.05, 4.69) is 25.9 Å². The van der Waals surface area contributed by atoms with Crippen molar-refractivity contribution in [1.29, 1.82) is 0 Å². The lowest BCUT2D eigenvalue weighted by Crippen LogP contribution is -2.18. The van der Waals surface area contributed by atoms with Crippen LogP contribution in [0.15, 0.2) is 33.7 Å². The van der Waals surface area contributed by atoms with Gasteiger partial charge < -0.3 is 10.1 Å². The first kappa shape index (κ1) is 12.4. The standard InChI is InChI=1S/C11H6BrFN2O3/c12-6-1-5(2-7(13)3-6)9-14-4-8(11(17)18)10(16)15-9/h1-4H,(H,17,18)(H,14,15,16). The largest absolute Gasteiger partial charge is 0.477 e. The number of halogens is 2. The zero-order valence-electron chi connectivity index (χ0n) is 8.78. The Balaban J connectivity index is 2.55. The quantitative estimate of drug-likeness (QED) is 0.889. The Morgan fingerprint density at radius 2 is 2.11 bits per heavy atom. The van der Waals surface area contributed by atoms with Crippen molar-refractivity contribution in [2.45, 2.75) is 0 Å². The summed E-state index contributed by atoms with van der Waals surface area (Å²) in [5.74, 6) is -1.76. The number of benzene rings is 1. The topological polar surface area (TPSA) is 83.0 Å². The molecule has 0 unspecified atom stereocenters. The van der Waals surface area contributed by atoms with Crippen LogP contribution in [-0.2, 0) is 0 Å². The van der Waals surface area contributed by atoms with Gasteiger partial charge >= 0.3 is 5.97 Å². The molecule has 92 valence electrons. The summed E-state index contributed by atoms with van der Waals surface area (Å²) in [5, 5.41) is 8.69. The van der Waals surface area contributed by atoms with Crippen LogP contribution in [0.4, 0.5) is 4.39 Å². The molecule has 0 bridgehead atoms. The third kappa shape index (κ3) is 2.45. The molecule has 2 N–H and O–H groups in total. The Bertz CT molecular complexity index is 664. The Labute approximate surface area is 108 Å². The number of rotatable bonds is 2. The summed E-state index contributed by atoms with van der Waals surface area (Å²) < 4.78 is 13.7. The van der Waals surface area contributed by atoms with Crippen molar-refractivity contribution in [1.82, 2.24) is 9.97 Å². The first-order chi connectivity index (χ1) is 8.47. The van der Waals surface area contributed by atoms with Gasteiger partial charge in [0.1, 0.15) is 17.2 Å². The highest BCUT2D eigenvalue weighted by molar-refractivity contribution is 9.10. The van der Waals surface area contributed by atoms with Gasteiger partial charge in [-0.3, -0.25) is 4.79 Å². The fourth-order valence-electron chi connectivity index (χ4n) is 1.38. The van der Waals surface area contributed by atoms with Crippen LogP contribution < -0.4 is 5.56 Å². The van der Waals surface area contributed by atoms with Crippen molar-refractivity contribution >= 4 is 21.9 Å². The number of nitrogens with one attached hydrogen (secondary N) is 1. The molecule has 1 aromatic heterocycles. The zero-order chi connectivity index (χ0) is 13.3. The third-order valence-electron chi connectivity index (χ3n) is 2.17. The molecule has 0 amide bonds. The van der Waals surface area contributed by atoms with Crippen molar-refractivity contribution in [3.8, 4) is 11.4 Å². The highest BCUT2D eigenvalue weighted by Gasteiger charge is 2.11. The summed E-state index contributed by atoms with van der Waals surface area (Å²) in [4.78, 5) is 28.2. The SMILES string of the molecule is O=C(O)c1cnc(-c2cc(F)cc(Br)c2)[nH]c1=O. The van der Waals surface area contributed by atoms with Crippen LogP contribution in [0.3, 0.4) is 0 Å². The highest BCUT2D eigenvalue weighted by Crippen LogP contribution is 2.21. The lowest BCUT2D eigenvalue weighted by atomic mass is 10.2. The lowest BCUT2D eigenvalue weighted by molar-refractivity contribution is 0.0694. The summed E-state index contributed by atoms with van der Waals surface area (Å²) in [7, 11) is 0. The maximum absolute atomic E-state index is 13.2. The van der Waals surface area contributed by atoms with E-state index < -0.39 is 22.9 Å². The Hall–Kier alpha value is -2.02. The van der Waals surface area contributed by atoms with E-state index in [1.807, 2.05) is 0 Å². The zero-order valence-corrected chi connectivity index (χ0v) is 10.4. The molecule has 0 fully saturated rings. The number of aromatic carboxylic acids is 1. The average molecular weight is 313 g/mol. The van der Waals surface area contributed by atoms with Gasteiger partial charge in [-0.15, -0.1) is 0 Å². The van der Waals surface area contributed by atoms with E-state index in [0.717, 1.165) is 6.20 Å². The van der Waals surface area contributed by atoms with E-state index in [-0.39, 0.29) is 5.82 Å². The number of hydrogen-bond donors (Lipinski definition) is 2. The fraction of sp³-hybridized carbons (Fsp3) is 0. The van der Waals surface area contributed by atoms with Crippen molar-refractivity contribution < 1.29 is 14.3 Å². The molecular formula is C11H6BrFN2O3. The molecule has 2 aromatic rings. The van der Waals surface area contributed by atoms with Crippen LogP contribution in [-0.4, -0.2) is 21.0 Å². The van der Waals surface area contributed by atoms with Crippen LogP contribution in [0.5, 0.6) is 0 Å². The molecule has 7 heteroatoms. The number of carbonyl (C=O) groups is 1. The molecule has 0 aliphatic carbocycles. The van der Waals surface area contributed by atoms with Gasteiger partial charge in [0.25, 0.3) is 5.56 Å². The van der Waals surface area contributed by atoms with Crippen molar-refractivity contribution in [2.24, 2.45) is 0 Å². The molecule has 1 heterocycles. The average Bonchev–Trinajstić information content (AvgIpc) is 2.26. The van der Waals surface area contributed by atoms with Crippen molar-refractivity contribution in [2.75, 3.05) is 0 Å². The summed E-state index contributed by atoms with van der Waals surface area (Å²) >= 11 is 3.11. The van der Waals surface area contributed by atoms with Gasteiger partial charge in [-0.05, 0) is 18.2 Å². The molecular weight excluding hydrogens is 307 g/mol. The molecule has 0 saturated carbocycles. The van der Waals surface area contributed by atoms with E-state index in [9.17, 15) is 14.0 Å². The predicted molar refractivity (Wildman–Crippen MR) is 64.9 cm³/mol. The smallest absolute Gasteiger partial charge is 0.342 e. The van der Waals surface area contributed by atoms with Gasteiger partial charge in [-0.2, -0.15) is 0 Å². The maximum atomic E-state index is 13.2. The second kappa shape index (κ2) is 4.69. The minimum absolute atomic E-state index is 0.102.